The van der Waals surface area contributed by atoms with Crippen LogP contribution in [0.5, 0.6) is 0 Å². The first-order valence-electron chi connectivity index (χ1n) is 11.1. The van der Waals surface area contributed by atoms with Crippen LogP contribution >= 0.6 is 0 Å². The molecule has 4 rings (SSSR count). The van der Waals surface area contributed by atoms with Crippen molar-refractivity contribution >= 4 is 32.3 Å². The van der Waals surface area contributed by atoms with E-state index in [1.807, 2.05) is 43.4 Å². The summed E-state index contributed by atoms with van der Waals surface area (Å²) < 4.78 is 24.0. The number of carbonyl (C=O) groups is 1. The Hall–Kier alpha value is -3.58. The molecule has 3 aromatic carbocycles. The smallest absolute Gasteiger partial charge is 0.251 e. The Labute approximate surface area is 200 Å². The number of H-pyrrole nitrogens is 1. The maximum Gasteiger partial charge on any atom is 0.251 e. The van der Waals surface area contributed by atoms with E-state index in [1.54, 1.807) is 13.0 Å². The summed E-state index contributed by atoms with van der Waals surface area (Å²) in [4.78, 5) is 18.6. The van der Waals surface area contributed by atoms with Crippen LogP contribution in [0.25, 0.3) is 10.9 Å². The van der Waals surface area contributed by atoms with Crippen molar-refractivity contribution in [2.24, 2.45) is 0 Å². The molecule has 176 valence electrons. The Kier molecular flexibility index (Phi) is 6.48. The summed E-state index contributed by atoms with van der Waals surface area (Å²) in [7, 11) is 0.590. The summed E-state index contributed by atoms with van der Waals surface area (Å²) in [5.41, 5.74) is 5.40. The molecule has 34 heavy (non-hydrogen) atoms. The number of nitrogens with zero attached hydrogens (tertiary/aromatic N) is 1. The SMILES string of the molecule is Cc1ccc(S(C)(=O)=O)cc1C(=O)NCC(c1ccc(N(C)C)cc1)c1c[nH]c2ccccc12. The lowest BCUT2D eigenvalue weighted by Crippen LogP contribution is -2.29. The number of para-hydroxylation sites is 1. The standard InChI is InChI=1S/C27H29N3O3S/c1-18-9-14-21(34(4,32)33)15-23(18)27(31)29-16-24(19-10-12-20(13-11-19)30(2)3)25-17-28-26-8-6-5-7-22(25)26/h5-15,17,24,28H,16H2,1-4H3,(H,29,31). The molecule has 1 aromatic heterocycles. The van der Waals surface area contributed by atoms with Gasteiger partial charge in [-0.3, -0.25) is 4.79 Å². The number of hydrogen-bond donors (Lipinski definition) is 2. The largest absolute Gasteiger partial charge is 0.378 e. The fourth-order valence-corrected chi connectivity index (χ4v) is 4.81. The first-order chi connectivity index (χ1) is 16.1. The van der Waals surface area contributed by atoms with E-state index in [0.717, 1.165) is 39.5 Å². The molecule has 2 N–H and O–H groups in total. The van der Waals surface area contributed by atoms with Gasteiger partial charge in [0.15, 0.2) is 9.84 Å². The van der Waals surface area contributed by atoms with Crippen molar-refractivity contribution in [3.05, 3.63) is 95.2 Å². The van der Waals surface area contributed by atoms with Crippen molar-refractivity contribution in [3.63, 3.8) is 0 Å². The third-order valence-corrected chi connectivity index (χ3v) is 7.27. The van der Waals surface area contributed by atoms with E-state index in [1.165, 1.54) is 12.1 Å². The molecule has 0 aliphatic heterocycles. The van der Waals surface area contributed by atoms with Gasteiger partial charge in [-0.05, 0) is 53.9 Å². The number of benzene rings is 3. The molecule has 6 nitrogen and oxygen atoms in total. The third-order valence-electron chi connectivity index (χ3n) is 6.16. The number of carbonyl (C=O) groups excluding carboxylic acids is 1. The van der Waals surface area contributed by atoms with Gasteiger partial charge in [0, 0.05) is 61.2 Å². The van der Waals surface area contributed by atoms with Crippen LogP contribution < -0.4 is 10.2 Å². The van der Waals surface area contributed by atoms with Crippen LogP contribution in [-0.4, -0.2) is 46.2 Å². The van der Waals surface area contributed by atoms with Crippen LogP contribution in [0, 0.1) is 6.92 Å². The molecule has 1 atom stereocenters. The minimum Gasteiger partial charge on any atom is -0.378 e. The van der Waals surface area contributed by atoms with Crippen LogP contribution in [0.15, 0.2) is 77.8 Å². The van der Waals surface area contributed by atoms with E-state index in [4.69, 9.17) is 0 Å². The van der Waals surface area contributed by atoms with E-state index >= 15 is 0 Å². The van der Waals surface area contributed by atoms with Gasteiger partial charge in [0.05, 0.1) is 4.90 Å². The topological polar surface area (TPSA) is 82.3 Å². The molecule has 0 fully saturated rings. The molecule has 0 bridgehead atoms. The quantitative estimate of drug-likeness (QED) is 0.412. The lowest BCUT2D eigenvalue weighted by atomic mass is 9.90. The van der Waals surface area contributed by atoms with E-state index in [9.17, 15) is 13.2 Å². The number of anilines is 1. The predicted molar refractivity (Wildman–Crippen MR) is 138 cm³/mol. The summed E-state index contributed by atoms with van der Waals surface area (Å²) in [5.74, 6) is -0.382. The molecule has 7 heteroatoms. The highest BCUT2D eigenvalue weighted by molar-refractivity contribution is 7.90. The minimum absolute atomic E-state index is 0.0882. The Morgan fingerprint density at radius 3 is 2.41 bits per heavy atom. The van der Waals surface area contributed by atoms with Gasteiger partial charge in [-0.25, -0.2) is 8.42 Å². The zero-order valence-electron chi connectivity index (χ0n) is 19.8. The Balaban J connectivity index is 1.67. The summed E-state index contributed by atoms with van der Waals surface area (Å²) >= 11 is 0. The van der Waals surface area contributed by atoms with Gasteiger partial charge in [-0.1, -0.05) is 36.4 Å². The van der Waals surface area contributed by atoms with Crippen molar-refractivity contribution in [2.45, 2.75) is 17.7 Å². The van der Waals surface area contributed by atoms with Crippen molar-refractivity contribution in [2.75, 3.05) is 31.8 Å². The van der Waals surface area contributed by atoms with Crippen LogP contribution in [0.3, 0.4) is 0 Å². The van der Waals surface area contributed by atoms with E-state index in [2.05, 4.69) is 40.6 Å². The fraction of sp³-hybridized carbons (Fsp3) is 0.222. The van der Waals surface area contributed by atoms with Crippen LogP contribution in [0.1, 0.15) is 33.0 Å². The van der Waals surface area contributed by atoms with Crippen LogP contribution in [-0.2, 0) is 9.84 Å². The molecule has 4 aromatic rings. The average Bonchev–Trinajstić information content (AvgIpc) is 3.23. The summed E-state index contributed by atoms with van der Waals surface area (Å²) in [6, 6.07) is 21.1. The maximum absolute atomic E-state index is 13.1. The summed E-state index contributed by atoms with van der Waals surface area (Å²) in [6.07, 6.45) is 3.14. The second-order valence-corrected chi connectivity index (χ2v) is 10.8. The van der Waals surface area contributed by atoms with Crippen LogP contribution in [0.4, 0.5) is 5.69 Å². The first kappa shape index (κ1) is 23.6. The second-order valence-electron chi connectivity index (χ2n) is 8.79. The molecule has 0 saturated carbocycles. The van der Waals surface area contributed by atoms with Gasteiger partial charge in [0.2, 0.25) is 0 Å². The average molecular weight is 476 g/mol. The number of fused-ring (bicyclic) bond motifs is 1. The number of amides is 1. The number of nitrogens with one attached hydrogen (secondary N) is 2. The lowest BCUT2D eigenvalue weighted by molar-refractivity contribution is 0.0951. The Morgan fingerprint density at radius 2 is 1.74 bits per heavy atom. The Morgan fingerprint density at radius 1 is 1.03 bits per heavy atom. The molecular weight excluding hydrogens is 446 g/mol. The molecular formula is C27H29N3O3S. The predicted octanol–water partition coefficient (Wildman–Crippen LogP) is 4.51. The van der Waals surface area contributed by atoms with E-state index in [0.29, 0.717) is 12.1 Å². The van der Waals surface area contributed by atoms with E-state index < -0.39 is 9.84 Å². The van der Waals surface area contributed by atoms with Gasteiger partial charge in [-0.15, -0.1) is 0 Å². The second kappa shape index (κ2) is 9.35. The Bertz CT molecular complexity index is 1440. The van der Waals surface area contributed by atoms with Crippen molar-refractivity contribution in [1.82, 2.24) is 10.3 Å². The molecule has 1 unspecified atom stereocenters. The van der Waals surface area contributed by atoms with Gasteiger partial charge in [-0.2, -0.15) is 0 Å². The van der Waals surface area contributed by atoms with E-state index in [-0.39, 0.29) is 16.7 Å². The highest BCUT2D eigenvalue weighted by atomic mass is 32.2. The normalized spacial score (nSPS) is 12.5. The van der Waals surface area contributed by atoms with Gasteiger partial charge in [0.1, 0.15) is 0 Å². The lowest BCUT2D eigenvalue weighted by Gasteiger charge is -2.20. The number of sulfone groups is 1. The number of aryl methyl sites for hydroxylation is 1. The molecule has 0 radical (unpaired) electrons. The third kappa shape index (κ3) is 4.84. The molecule has 0 aliphatic rings. The summed E-state index contributed by atoms with van der Waals surface area (Å²) in [6.45, 7) is 2.17. The number of aromatic nitrogens is 1. The minimum atomic E-state index is -3.41. The zero-order chi connectivity index (χ0) is 24.5. The van der Waals surface area contributed by atoms with Gasteiger partial charge in [0.25, 0.3) is 5.91 Å². The first-order valence-corrected chi connectivity index (χ1v) is 13.0. The molecule has 1 heterocycles. The molecule has 0 spiro atoms. The molecule has 0 saturated heterocycles. The zero-order valence-corrected chi connectivity index (χ0v) is 20.6. The fourth-order valence-electron chi connectivity index (χ4n) is 4.16. The van der Waals surface area contributed by atoms with Crippen LogP contribution in [0.2, 0.25) is 0 Å². The number of hydrogen-bond acceptors (Lipinski definition) is 4. The number of rotatable bonds is 7. The maximum atomic E-state index is 13.1. The highest BCUT2D eigenvalue weighted by Crippen LogP contribution is 2.31. The highest BCUT2D eigenvalue weighted by Gasteiger charge is 2.21. The van der Waals surface area contributed by atoms with Crippen molar-refractivity contribution in [3.8, 4) is 0 Å². The molecule has 1 amide bonds. The van der Waals surface area contributed by atoms with Crippen molar-refractivity contribution in [1.29, 1.82) is 0 Å². The monoisotopic (exact) mass is 475 g/mol. The van der Waals surface area contributed by atoms with Gasteiger partial charge >= 0.3 is 0 Å². The van der Waals surface area contributed by atoms with Gasteiger partial charge < -0.3 is 15.2 Å². The number of aromatic amines is 1. The molecule has 0 aliphatic carbocycles. The van der Waals surface area contributed by atoms with Crippen molar-refractivity contribution < 1.29 is 13.2 Å². The summed E-state index contributed by atoms with van der Waals surface area (Å²) in [5, 5.41) is 4.15.